The Morgan fingerprint density at radius 1 is 0.526 bits per heavy atom. The molecule has 2 heteroatoms. The van der Waals surface area contributed by atoms with Gasteiger partial charge in [0.1, 0.15) is 11.2 Å². The summed E-state index contributed by atoms with van der Waals surface area (Å²) in [4.78, 5) is 2.45. The predicted molar refractivity (Wildman–Crippen MR) is 242 cm³/mol. The van der Waals surface area contributed by atoms with Crippen LogP contribution in [0, 0.1) is 0 Å². The molecule has 1 aromatic heterocycles. The van der Waals surface area contributed by atoms with Crippen LogP contribution in [0.4, 0.5) is 17.1 Å². The van der Waals surface area contributed by atoms with Gasteiger partial charge in [-0.25, -0.2) is 0 Å². The van der Waals surface area contributed by atoms with Gasteiger partial charge in [-0.15, -0.1) is 0 Å². The largest absolute Gasteiger partial charge is 0.456 e. The van der Waals surface area contributed by atoms with Crippen LogP contribution in [0.3, 0.4) is 0 Å². The molecule has 1 unspecified atom stereocenters. The zero-order valence-electron chi connectivity index (χ0n) is 32.4. The van der Waals surface area contributed by atoms with Gasteiger partial charge in [-0.05, 0) is 128 Å². The fourth-order valence-corrected chi connectivity index (χ4v) is 10.1. The molecule has 0 saturated heterocycles. The first-order valence-corrected chi connectivity index (χ1v) is 20.8. The molecule has 11 rings (SSSR count). The molecule has 2 aliphatic carbocycles. The van der Waals surface area contributed by atoms with Gasteiger partial charge in [0, 0.05) is 27.7 Å². The molecule has 0 bridgehead atoms. The number of anilines is 3. The zero-order chi connectivity index (χ0) is 37.9. The Labute approximate surface area is 334 Å². The van der Waals surface area contributed by atoms with Crippen molar-refractivity contribution in [1.29, 1.82) is 0 Å². The molecule has 0 radical (unpaired) electrons. The number of hydrogen-bond acceptors (Lipinski definition) is 2. The minimum absolute atomic E-state index is 0.540. The van der Waals surface area contributed by atoms with Gasteiger partial charge in [-0.1, -0.05) is 154 Å². The number of hydrogen-bond donors (Lipinski definition) is 0. The summed E-state index contributed by atoms with van der Waals surface area (Å²) in [6.45, 7) is 2.34. The van der Waals surface area contributed by atoms with Gasteiger partial charge in [-0.3, -0.25) is 0 Å². The van der Waals surface area contributed by atoms with Crippen LogP contribution in [0.25, 0.3) is 71.8 Å². The summed E-state index contributed by atoms with van der Waals surface area (Å²) in [5, 5.41) is 7.59. The van der Waals surface area contributed by atoms with Gasteiger partial charge >= 0.3 is 0 Å². The quantitative estimate of drug-likeness (QED) is 0.169. The van der Waals surface area contributed by atoms with Crippen LogP contribution in [0.2, 0.25) is 0 Å². The third-order valence-corrected chi connectivity index (χ3v) is 12.9. The summed E-state index contributed by atoms with van der Waals surface area (Å²) in [7, 11) is 0. The Hall–Kier alpha value is -6.38. The van der Waals surface area contributed by atoms with E-state index in [0.717, 1.165) is 45.4 Å². The summed E-state index contributed by atoms with van der Waals surface area (Å²) in [5.41, 5.74) is 14.5. The lowest BCUT2D eigenvalue weighted by atomic mass is 9.80. The van der Waals surface area contributed by atoms with Gasteiger partial charge in [0.2, 0.25) is 0 Å². The highest BCUT2D eigenvalue weighted by Gasteiger charge is 2.24. The Bertz CT molecular complexity index is 2990. The van der Waals surface area contributed by atoms with Crippen LogP contribution in [0.15, 0.2) is 168 Å². The van der Waals surface area contributed by atoms with Gasteiger partial charge in [0.05, 0.1) is 5.69 Å². The monoisotopic (exact) mass is 735 g/mol. The van der Waals surface area contributed by atoms with Crippen molar-refractivity contribution in [2.75, 3.05) is 4.90 Å². The number of para-hydroxylation sites is 2. The number of nitrogens with zero attached hydrogens (tertiary/aromatic N) is 1. The molecule has 0 aliphatic heterocycles. The van der Waals surface area contributed by atoms with Crippen molar-refractivity contribution >= 4 is 66.6 Å². The molecule has 1 fully saturated rings. The third kappa shape index (κ3) is 5.77. The van der Waals surface area contributed by atoms with Crippen molar-refractivity contribution < 1.29 is 4.42 Å². The first-order valence-electron chi connectivity index (χ1n) is 20.8. The molecule has 1 atom stereocenters. The maximum atomic E-state index is 6.33. The minimum Gasteiger partial charge on any atom is -0.456 e. The first kappa shape index (κ1) is 33.9. The second-order valence-corrected chi connectivity index (χ2v) is 16.3. The van der Waals surface area contributed by atoms with Crippen molar-refractivity contribution in [1.82, 2.24) is 0 Å². The molecule has 0 N–H and O–H groups in total. The molecule has 9 aromatic rings. The summed E-state index contributed by atoms with van der Waals surface area (Å²) in [6.07, 6.45) is 12.3. The Morgan fingerprint density at radius 3 is 2.14 bits per heavy atom. The van der Waals surface area contributed by atoms with E-state index in [0.29, 0.717) is 11.8 Å². The summed E-state index contributed by atoms with van der Waals surface area (Å²) >= 11 is 0. The van der Waals surface area contributed by atoms with Crippen LogP contribution in [0.1, 0.15) is 74.0 Å². The average molecular weight is 736 g/mol. The van der Waals surface area contributed by atoms with Gasteiger partial charge in [0.25, 0.3) is 0 Å². The average Bonchev–Trinajstić information content (AvgIpc) is 3.65. The highest BCUT2D eigenvalue weighted by Crippen LogP contribution is 2.47. The maximum absolute atomic E-state index is 6.33. The summed E-state index contributed by atoms with van der Waals surface area (Å²) in [5.74, 6) is 1.13. The van der Waals surface area contributed by atoms with Crippen LogP contribution in [-0.2, 0) is 0 Å². The number of benzene rings is 8. The van der Waals surface area contributed by atoms with E-state index in [2.05, 4.69) is 176 Å². The molecule has 2 nitrogen and oxygen atoms in total. The van der Waals surface area contributed by atoms with E-state index >= 15 is 0 Å². The van der Waals surface area contributed by atoms with Crippen LogP contribution < -0.4 is 4.90 Å². The molecule has 1 saturated carbocycles. The van der Waals surface area contributed by atoms with E-state index in [1.165, 1.54) is 92.6 Å². The third-order valence-electron chi connectivity index (χ3n) is 12.9. The summed E-state index contributed by atoms with van der Waals surface area (Å²) < 4.78 is 6.33. The van der Waals surface area contributed by atoms with Crippen molar-refractivity contribution in [3.8, 4) is 22.3 Å². The van der Waals surface area contributed by atoms with E-state index in [-0.39, 0.29) is 0 Å². The Kier molecular flexibility index (Phi) is 8.31. The SMILES string of the molecule is CC1CC=Cc2c1ccc1c(-c3ccc(N(c4ccc5oc6ccccc6c5c4)c4ccccc4-c4cccc5cccc(C6CCCCC6)c45)cc3)cccc21. The molecule has 57 heavy (non-hydrogen) atoms. The smallest absolute Gasteiger partial charge is 0.135 e. The number of rotatable bonds is 6. The fraction of sp³-hybridized carbons (Fsp3) is 0.164. The molecule has 1 heterocycles. The standard InChI is InChI=1S/C55H45NO/c1-36-13-9-22-45-42(36)32-33-47-43(20-12-23-46(45)47)38-27-29-40(30-28-38)56(41-31-34-54-51(35-41)49-19-6-8-26-53(49)57-54)52-25-7-5-18-48(52)50-24-11-17-39-16-10-21-44(55(39)50)37-14-3-2-4-15-37/h5-12,16-37H,2-4,13-15H2,1H3. The zero-order valence-corrected chi connectivity index (χ0v) is 32.4. The molecule has 276 valence electrons. The van der Waals surface area contributed by atoms with Crippen molar-refractivity contribution in [3.63, 3.8) is 0 Å². The number of fused-ring (bicyclic) bond motifs is 7. The second-order valence-electron chi connectivity index (χ2n) is 16.3. The maximum Gasteiger partial charge on any atom is 0.135 e. The predicted octanol–water partition coefficient (Wildman–Crippen LogP) is 16.3. The van der Waals surface area contributed by atoms with Crippen LogP contribution >= 0.6 is 0 Å². The topological polar surface area (TPSA) is 16.4 Å². The summed E-state index contributed by atoms with van der Waals surface area (Å²) in [6, 6.07) is 58.6. The molecule has 2 aliphatic rings. The Balaban J connectivity index is 1.09. The van der Waals surface area contributed by atoms with E-state index in [9.17, 15) is 0 Å². The fourth-order valence-electron chi connectivity index (χ4n) is 10.1. The second kappa shape index (κ2) is 14.0. The Morgan fingerprint density at radius 2 is 1.25 bits per heavy atom. The number of furan rings is 1. The first-order chi connectivity index (χ1) is 28.2. The van der Waals surface area contributed by atoms with Crippen molar-refractivity contribution in [3.05, 3.63) is 180 Å². The lowest BCUT2D eigenvalue weighted by Gasteiger charge is -2.29. The van der Waals surface area contributed by atoms with Crippen LogP contribution in [0.5, 0.6) is 0 Å². The van der Waals surface area contributed by atoms with Crippen molar-refractivity contribution in [2.24, 2.45) is 0 Å². The van der Waals surface area contributed by atoms with Gasteiger partial charge in [0.15, 0.2) is 0 Å². The minimum atomic E-state index is 0.540. The van der Waals surface area contributed by atoms with E-state index in [1.807, 2.05) is 6.07 Å². The molecular formula is C55H45NO. The van der Waals surface area contributed by atoms with Gasteiger partial charge in [-0.2, -0.15) is 0 Å². The normalized spacial score (nSPS) is 15.8. The molecular weight excluding hydrogens is 691 g/mol. The molecule has 8 aromatic carbocycles. The molecule has 0 amide bonds. The van der Waals surface area contributed by atoms with Gasteiger partial charge < -0.3 is 9.32 Å². The number of allylic oxidation sites excluding steroid dienone is 1. The van der Waals surface area contributed by atoms with Crippen molar-refractivity contribution in [2.45, 2.75) is 57.3 Å². The van der Waals surface area contributed by atoms with E-state index in [4.69, 9.17) is 4.42 Å². The van der Waals surface area contributed by atoms with E-state index < -0.39 is 0 Å². The lowest BCUT2D eigenvalue weighted by Crippen LogP contribution is -2.11. The van der Waals surface area contributed by atoms with E-state index in [1.54, 1.807) is 0 Å². The molecule has 0 spiro atoms. The highest BCUT2D eigenvalue weighted by molar-refractivity contribution is 6.08. The lowest BCUT2D eigenvalue weighted by molar-refractivity contribution is 0.445. The highest BCUT2D eigenvalue weighted by atomic mass is 16.3. The van der Waals surface area contributed by atoms with Crippen LogP contribution in [-0.4, -0.2) is 0 Å².